The van der Waals surface area contributed by atoms with E-state index in [0.29, 0.717) is 11.4 Å². The summed E-state index contributed by atoms with van der Waals surface area (Å²) in [5.41, 5.74) is 2.42. The molecule has 0 spiro atoms. The van der Waals surface area contributed by atoms with Crippen molar-refractivity contribution >= 4 is 29.7 Å². The number of ether oxygens (including phenoxy) is 1. The minimum atomic E-state index is -0.425. The Morgan fingerprint density at radius 3 is 2.00 bits per heavy atom. The van der Waals surface area contributed by atoms with Crippen LogP contribution in [0.2, 0.25) is 0 Å². The minimum Gasteiger partial charge on any atom is -0.497 e. The van der Waals surface area contributed by atoms with E-state index >= 15 is 0 Å². The van der Waals surface area contributed by atoms with Crippen LogP contribution in [0.15, 0.2) is 96.7 Å². The SMILES string of the molecule is COc1ccc(NC(=O)/C(=C/c2ccccc2)NC(=O)/C=C/c2ccccc2)cc1. The molecule has 0 aliphatic heterocycles. The smallest absolute Gasteiger partial charge is 0.272 e. The van der Waals surface area contributed by atoms with E-state index in [-0.39, 0.29) is 5.70 Å². The predicted molar refractivity (Wildman–Crippen MR) is 120 cm³/mol. The molecule has 0 aliphatic rings. The third-order valence-corrected chi connectivity index (χ3v) is 4.19. The zero-order valence-corrected chi connectivity index (χ0v) is 16.5. The van der Waals surface area contributed by atoms with Gasteiger partial charge in [0.15, 0.2) is 0 Å². The number of carbonyl (C=O) groups is 2. The summed E-state index contributed by atoms with van der Waals surface area (Å²) in [5, 5.41) is 5.47. The number of hydrogen-bond acceptors (Lipinski definition) is 3. The summed E-state index contributed by atoms with van der Waals surface area (Å²) < 4.78 is 5.13. The first-order valence-electron chi connectivity index (χ1n) is 9.40. The van der Waals surface area contributed by atoms with Crippen LogP contribution in [0, 0.1) is 0 Å². The van der Waals surface area contributed by atoms with Crippen molar-refractivity contribution in [2.45, 2.75) is 0 Å². The molecule has 0 radical (unpaired) electrons. The van der Waals surface area contributed by atoms with Crippen LogP contribution in [0.5, 0.6) is 5.75 Å². The summed E-state index contributed by atoms with van der Waals surface area (Å²) >= 11 is 0. The predicted octanol–water partition coefficient (Wildman–Crippen LogP) is 4.50. The van der Waals surface area contributed by atoms with Gasteiger partial charge in [-0.3, -0.25) is 9.59 Å². The highest BCUT2D eigenvalue weighted by atomic mass is 16.5. The Labute approximate surface area is 175 Å². The van der Waals surface area contributed by atoms with Crippen LogP contribution in [0.4, 0.5) is 5.69 Å². The van der Waals surface area contributed by atoms with Crippen LogP contribution >= 0.6 is 0 Å². The lowest BCUT2D eigenvalue weighted by atomic mass is 10.1. The van der Waals surface area contributed by atoms with E-state index in [9.17, 15) is 9.59 Å². The fourth-order valence-electron chi connectivity index (χ4n) is 2.66. The lowest BCUT2D eigenvalue weighted by Crippen LogP contribution is -2.29. The summed E-state index contributed by atoms with van der Waals surface area (Å²) in [6.07, 6.45) is 4.72. The van der Waals surface area contributed by atoms with Crippen molar-refractivity contribution in [2.75, 3.05) is 12.4 Å². The minimum absolute atomic E-state index is 0.139. The van der Waals surface area contributed by atoms with Gasteiger partial charge in [-0.05, 0) is 47.5 Å². The zero-order valence-electron chi connectivity index (χ0n) is 16.5. The van der Waals surface area contributed by atoms with Crippen molar-refractivity contribution < 1.29 is 14.3 Å². The number of nitrogens with one attached hydrogen (secondary N) is 2. The second kappa shape index (κ2) is 10.4. The number of amides is 2. The first-order valence-corrected chi connectivity index (χ1v) is 9.40. The maximum absolute atomic E-state index is 12.8. The number of hydrogen-bond donors (Lipinski definition) is 2. The molecule has 0 bridgehead atoms. The van der Waals surface area contributed by atoms with Crippen LogP contribution in [0.1, 0.15) is 11.1 Å². The topological polar surface area (TPSA) is 67.4 Å². The van der Waals surface area contributed by atoms with Gasteiger partial charge < -0.3 is 15.4 Å². The van der Waals surface area contributed by atoms with E-state index in [1.54, 1.807) is 43.5 Å². The normalized spacial score (nSPS) is 11.2. The second-order valence-corrected chi connectivity index (χ2v) is 6.38. The maximum atomic E-state index is 12.8. The van der Waals surface area contributed by atoms with Crippen molar-refractivity contribution in [2.24, 2.45) is 0 Å². The summed E-state index contributed by atoms with van der Waals surface area (Å²) in [6.45, 7) is 0. The molecule has 0 saturated carbocycles. The molecule has 3 aromatic carbocycles. The number of carbonyl (C=O) groups excluding carboxylic acids is 2. The second-order valence-electron chi connectivity index (χ2n) is 6.38. The molecule has 5 nitrogen and oxygen atoms in total. The summed E-state index contributed by atoms with van der Waals surface area (Å²) in [7, 11) is 1.58. The van der Waals surface area contributed by atoms with Gasteiger partial charge >= 0.3 is 0 Å². The quantitative estimate of drug-likeness (QED) is 0.576. The molecule has 0 unspecified atom stereocenters. The molecule has 0 aromatic heterocycles. The molecule has 2 N–H and O–H groups in total. The van der Waals surface area contributed by atoms with Gasteiger partial charge in [0.05, 0.1) is 7.11 Å². The summed E-state index contributed by atoms with van der Waals surface area (Å²) in [6, 6.07) is 25.7. The van der Waals surface area contributed by atoms with Gasteiger partial charge in [-0.15, -0.1) is 0 Å². The van der Waals surface area contributed by atoms with Gasteiger partial charge in [-0.25, -0.2) is 0 Å². The van der Waals surface area contributed by atoms with Crippen molar-refractivity contribution in [1.29, 1.82) is 0 Å². The highest BCUT2D eigenvalue weighted by Crippen LogP contribution is 2.16. The molecule has 0 aliphatic carbocycles. The molecule has 2 amide bonds. The third-order valence-electron chi connectivity index (χ3n) is 4.19. The van der Waals surface area contributed by atoms with Crippen molar-refractivity contribution in [3.63, 3.8) is 0 Å². The van der Waals surface area contributed by atoms with Crippen LogP contribution in [0.25, 0.3) is 12.2 Å². The third kappa shape index (κ3) is 6.21. The number of rotatable bonds is 7. The van der Waals surface area contributed by atoms with Gasteiger partial charge in [0.2, 0.25) is 5.91 Å². The Balaban J connectivity index is 1.77. The largest absolute Gasteiger partial charge is 0.497 e. The summed E-state index contributed by atoms with van der Waals surface area (Å²) in [5.74, 6) is -0.135. The van der Waals surface area contributed by atoms with Crippen LogP contribution in [-0.2, 0) is 9.59 Å². The van der Waals surface area contributed by atoms with E-state index in [4.69, 9.17) is 4.74 Å². The molecule has 3 aromatic rings. The van der Waals surface area contributed by atoms with Crippen LogP contribution < -0.4 is 15.4 Å². The van der Waals surface area contributed by atoms with E-state index in [2.05, 4.69) is 10.6 Å². The van der Waals surface area contributed by atoms with Gasteiger partial charge in [0.25, 0.3) is 5.91 Å². The fraction of sp³-hybridized carbons (Fsp3) is 0.0400. The van der Waals surface area contributed by atoms with E-state index in [1.807, 2.05) is 60.7 Å². The fourth-order valence-corrected chi connectivity index (χ4v) is 2.66. The van der Waals surface area contributed by atoms with Gasteiger partial charge in [0, 0.05) is 11.8 Å². The van der Waals surface area contributed by atoms with Crippen molar-refractivity contribution in [3.8, 4) is 5.75 Å². The average molecular weight is 398 g/mol. The van der Waals surface area contributed by atoms with E-state index in [1.165, 1.54) is 6.08 Å². The molecule has 150 valence electrons. The Kier molecular flexibility index (Phi) is 7.17. The highest BCUT2D eigenvalue weighted by molar-refractivity contribution is 6.10. The Morgan fingerprint density at radius 1 is 0.800 bits per heavy atom. The molecule has 0 saturated heterocycles. The average Bonchev–Trinajstić information content (AvgIpc) is 2.79. The van der Waals surface area contributed by atoms with Crippen LogP contribution in [0.3, 0.4) is 0 Å². The zero-order chi connectivity index (χ0) is 21.2. The number of methoxy groups -OCH3 is 1. The maximum Gasteiger partial charge on any atom is 0.272 e. The van der Waals surface area contributed by atoms with Gasteiger partial charge in [-0.2, -0.15) is 0 Å². The molecule has 0 fully saturated rings. The van der Waals surface area contributed by atoms with E-state index in [0.717, 1.165) is 11.1 Å². The number of benzene rings is 3. The first kappa shape index (κ1) is 20.6. The molecule has 0 heterocycles. The molecule has 30 heavy (non-hydrogen) atoms. The Morgan fingerprint density at radius 2 is 1.40 bits per heavy atom. The molecular formula is C25H22N2O3. The Hall–Kier alpha value is -4.12. The standard InChI is InChI=1S/C25H22N2O3/c1-30-22-15-13-21(14-16-22)26-25(29)23(18-20-10-6-3-7-11-20)27-24(28)17-12-19-8-4-2-5-9-19/h2-18H,1H3,(H,26,29)(H,27,28)/b17-12+,23-18-. The summed E-state index contributed by atoms with van der Waals surface area (Å²) in [4.78, 5) is 25.3. The monoisotopic (exact) mass is 398 g/mol. The van der Waals surface area contributed by atoms with Crippen molar-refractivity contribution in [3.05, 3.63) is 108 Å². The Bertz CT molecular complexity index is 1040. The van der Waals surface area contributed by atoms with Crippen molar-refractivity contribution in [1.82, 2.24) is 5.32 Å². The molecular weight excluding hydrogens is 376 g/mol. The molecule has 0 atom stereocenters. The van der Waals surface area contributed by atoms with Crippen LogP contribution in [-0.4, -0.2) is 18.9 Å². The lowest BCUT2D eigenvalue weighted by molar-refractivity contribution is -0.118. The molecule has 5 heteroatoms. The highest BCUT2D eigenvalue weighted by Gasteiger charge is 2.12. The lowest BCUT2D eigenvalue weighted by Gasteiger charge is -2.10. The van der Waals surface area contributed by atoms with E-state index < -0.39 is 11.8 Å². The molecule has 3 rings (SSSR count). The number of anilines is 1. The first-order chi connectivity index (χ1) is 14.6. The van der Waals surface area contributed by atoms with Gasteiger partial charge in [0.1, 0.15) is 11.4 Å². The van der Waals surface area contributed by atoms with Gasteiger partial charge in [-0.1, -0.05) is 60.7 Å².